The predicted octanol–water partition coefficient (Wildman–Crippen LogP) is -1.24. The van der Waals surface area contributed by atoms with Crippen LogP contribution in [0.15, 0.2) is 0 Å². The van der Waals surface area contributed by atoms with Crippen molar-refractivity contribution in [1.82, 2.24) is 15.8 Å². The zero-order valence-electron chi connectivity index (χ0n) is 9.78. The largest absolute Gasteiger partial charge is 0.358 e. The molecule has 7 nitrogen and oxygen atoms in total. The zero-order chi connectivity index (χ0) is 12.4. The first kappa shape index (κ1) is 14.8. The summed E-state index contributed by atoms with van der Waals surface area (Å²) in [5.74, 6) is 4.31. The molecule has 0 spiro atoms. The maximum absolute atomic E-state index is 11.2. The van der Waals surface area contributed by atoms with Gasteiger partial charge in [-0.3, -0.25) is 14.5 Å². The van der Waals surface area contributed by atoms with Crippen molar-refractivity contribution in [2.24, 2.45) is 5.84 Å². The highest BCUT2D eigenvalue weighted by molar-refractivity contribution is 5.77. The van der Waals surface area contributed by atoms with E-state index in [0.29, 0.717) is 6.54 Å². The molecule has 16 heavy (non-hydrogen) atoms. The van der Waals surface area contributed by atoms with Crippen molar-refractivity contribution in [2.45, 2.75) is 19.8 Å². The fourth-order valence-corrected chi connectivity index (χ4v) is 1.23. The molecule has 0 aromatic rings. The van der Waals surface area contributed by atoms with Crippen molar-refractivity contribution >= 4 is 11.9 Å². The second-order valence-corrected chi connectivity index (χ2v) is 3.29. The minimum absolute atomic E-state index is 0.0706. The van der Waals surface area contributed by atoms with Gasteiger partial charge in [-0.05, 0) is 13.0 Å². The Kier molecular flexibility index (Phi) is 8.41. The molecule has 0 atom stereocenters. The van der Waals surface area contributed by atoms with E-state index in [0.717, 1.165) is 13.0 Å². The highest BCUT2D eigenvalue weighted by Crippen LogP contribution is 1.95. The lowest BCUT2D eigenvalue weighted by atomic mass is 10.3. The molecule has 0 saturated carbocycles. The van der Waals surface area contributed by atoms with Crippen LogP contribution in [0.1, 0.15) is 19.8 Å². The smallest absolute Gasteiger partial charge is 0.327 e. The fraction of sp³-hybridized carbons (Fsp3) is 0.778. The second kappa shape index (κ2) is 9.08. The number of carbonyl (C=O) groups excluding carboxylic acids is 2. The fourth-order valence-electron chi connectivity index (χ4n) is 1.23. The number of hydrazine groups is 1. The average Bonchev–Trinajstić information content (AvgIpc) is 2.26. The quantitative estimate of drug-likeness (QED) is 0.357. The molecule has 0 aliphatic carbocycles. The standard InChI is InChI=1S/C9H20N4O3/c1-3-5-13(7-8(14)11-2)6-4-9(15)16-12-10/h12H,3-7,10H2,1-2H3,(H,11,14). The van der Waals surface area contributed by atoms with Gasteiger partial charge in [0.2, 0.25) is 5.91 Å². The number of nitrogens with zero attached hydrogens (tertiary/aromatic N) is 1. The third kappa shape index (κ3) is 7.16. The molecular formula is C9H20N4O3. The summed E-state index contributed by atoms with van der Waals surface area (Å²) in [6.07, 6.45) is 1.11. The van der Waals surface area contributed by atoms with Gasteiger partial charge in [0.1, 0.15) is 0 Å². The van der Waals surface area contributed by atoms with Crippen LogP contribution < -0.4 is 16.7 Å². The highest BCUT2D eigenvalue weighted by atomic mass is 16.7. The second-order valence-electron chi connectivity index (χ2n) is 3.29. The van der Waals surface area contributed by atoms with Crippen molar-refractivity contribution in [1.29, 1.82) is 0 Å². The Balaban J connectivity index is 3.92. The molecule has 0 aromatic heterocycles. The number of nitrogens with one attached hydrogen (secondary N) is 2. The van der Waals surface area contributed by atoms with Gasteiger partial charge in [0.05, 0.1) is 13.0 Å². The van der Waals surface area contributed by atoms with Crippen molar-refractivity contribution in [3.8, 4) is 0 Å². The summed E-state index contributed by atoms with van der Waals surface area (Å²) in [5, 5.41) is 2.54. The molecule has 0 aliphatic rings. The molecular weight excluding hydrogens is 212 g/mol. The van der Waals surface area contributed by atoms with E-state index < -0.39 is 5.97 Å². The Labute approximate surface area is 95.2 Å². The molecule has 7 heteroatoms. The molecule has 94 valence electrons. The van der Waals surface area contributed by atoms with Crippen molar-refractivity contribution in [3.63, 3.8) is 0 Å². The van der Waals surface area contributed by atoms with E-state index in [1.165, 1.54) is 0 Å². The summed E-state index contributed by atoms with van der Waals surface area (Å²) < 4.78 is 0. The Bertz CT molecular complexity index is 223. The summed E-state index contributed by atoms with van der Waals surface area (Å²) in [7, 11) is 1.58. The van der Waals surface area contributed by atoms with Crippen LogP contribution in [0.5, 0.6) is 0 Å². The van der Waals surface area contributed by atoms with Crippen LogP contribution in [-0.2, 0) is 14.4 Å². The summed E-state index contributed by atoms with van der Waals surface area (Å²) in [6.45, 7) is 3.53. The molecule has 0 aromatic carbocycles. The number of hydrogen-bond donors (Lipinski definition) is 3. The van der Waals surface area contributed by atoms with Gasteiger partial charge in [-0.25, -0.2) is 5.84 Å². The van der Waals surface area contributed by atoms with E-state index in [9.17, 15) is 9.59 Å². The Hall–Kier alpha value is -1.18. The molecule has 0 saturated heterocycles. The van der Waals surface area contributed by atoms with Crippen LogP contribution >= 0.6 is 0 Å². The number of likely N-dealkylation sites (N-methyl/N-ethyl adjacent to an activating group) is 1. The topological polar surface area (TPSA) is 96.7 Å². The first-order chi connectivity index (χ1) is 7.63. The van der Waals surface area contributed by atoms with Crippen LogP contribution in [0.2, 0.25) is 0 Å². The van der Waals surface area contributed by atoms with E-state index in [4.69, 9.17) is 5.84 Å². The van der Waals surface area contributed by atoms with Gasteiger partial charge in [-0.15, -0.1) is 0 Å². The summed E-state index contributed by atoms with van der Waals surface area (Å²) in [4.78, 5) is 28.4. The molecule has 4 N–H and O–H groups in total. The van der Waals surface area contributed by atoms with Crippen LogP contribution in [0.4, 0.5) is 0 Å². The molecule has 0 unspecified atom stereocenters. The van der Waals surface area contributed by atoms with E-state index in [1.807, 2.05) is 17.4 Å². The maximum Gasteiger partial charge on any atom is 0.327 e. The van der Waals surface area contributed by atoms with Gasteiger partial charge < -0.3 is 10.2 Å². The summed E-state index contributed by atoms with van der Waals surface area (Å²) in [6, 6.07) is 0. The van der Waals surface area contributed by atoms with Crippen LogP contribution in [0, 0.1) is 0 Å². The molecule has 0 rings (SSSR count). The normalized spacial score (nSPS) is 10.2. The number of rotatable bonds is 8. The lowest BCUT2D eigenvalue weighted by Gasteiger charge is -2.19. The minimum atomic E-state index is -0.444. The molecule has 0 heterocycles. The average molecular weight is 232 g/mol. The van der Waals surface area contributed by atoms with Crippen LogP contribution in [0.25, 0.3) is 0 Å². The minimum Gasteiger partial charge on any atom is -0.358 e. The third-order valence-corrected chi connectivity index (χ3v) is 1.99. The predicted molar refractivity (Wildman–Crippen MR) is 58.8 cm³/mol. The van der Waals surface area contributed by atoms with Gasteiger partial charge in [-0.1, -0.05) is 12.5 Å². The monoisotopic (exact) mass is 232 g/mol. The zero-order valence-corrected chi connectivity index (χ0v) is 9.78. The third-order valence-electron chi connectivity index (χ3n) is 1.99. The van der Waals surface area contributed by atoms with Gasteiger partial charge in [0.25, 0.3) is 0 Å². The van der Waals surface area contributed by atoms with Crippen molar-refractivity contribution in [3.05, 3.63) is 0 Å². The van der Waals surface area contributed by atoms with E-state index in [-0.39, 0.29) is 18.9 Å². The van der Waals surface area contributed by atoms with Gasteiger partial charge in [0, 0.05) is 13.6 Å². The summed E-state index contributed by atoms with van der Waals surface area (Å²) in [5.41, 5.74) is 1.83. The van der Waals surface area contributed by atoms with Crippen LogP contribution in [-0.4, -0.2) is 43.5 Å². The molecule has 0 radical (unpaired) electrons. The lowest BCUT2D eigenvalue weighted by Crippen LogP contribution is -2.38. The Morgan fingerprint density at radius 1 is 1.38 bits per heavy atom. The molecule has 0 bridgehead atoms. The first-order valence-corrected chi connectivity index (χ1v) is 5.22. The lowest BCUT2D eigenvalue weighted by molar-refractivity contribution is -0.151. The number of nitrogens with two attached hydrogens (primary N) is 1. The molecule has 0 aliphatic heterocycles. The highest BCUT2D eigenvalue weighted by Gasteiger charge is 2.11. The van der Waals surface area contributed by atoms with Gasteiger partial charge in [0.15, 0.2) is 0 Å². The van der Waals surface area contributed by atoms with E-state index in [1.54, 1.807) is 7.05 Å². The van der Waals surface area contributed by atoms with Crippen molar-refractivity contribution in [2.75, 3.05) is 26.7 Å². The Morgan fingerprint density at radius 2 is 2.06 bits per heavy atom. The van der Waals surface area contributed by atoms with Gasteiger partial charge >= 0.3 is 5.97 Å². The van der Waals surface area contributed by atoms with Crippen LogP contribution in [0.3, 0.4) is 0 Å². The van der Waals surface area contributed by atoms with E-state index in [2.05, 4.69) is 10.2 Å². The molecule has 1 amide bonds. The maximum atomic E-state index is 11.2. The Morgan fingerprint density at radius 3 is 2.56 bits per heavy atom. The SMILES string of the molecule is CCCN(CCC(=O)ONN)CC(=O)NC. The van der Waals surface area contributed by atoms with Crippen molar-refractivity contribution < 1.29 is 14.4 Å². The number of carbonyl (C=O) groups is 2. The first-order valence-electron chi connectivity index (χ1n) is 5.22. The van der Waals surface area contributed by atoms with Gasteiger partial charge in [-0.2, -0.15) is 0 Å². The number of amides is 1. The molecule has 0 fully saturated rings. The summed E-state index contributed by atoms with van der Waals surface area (Å²) >= 11 is 0. The number of hydrogen-bond acceptors (Lipinski definition) is 6. The van der Waals surface area contributed by atoms with E-state index >= 15 is 0 Å².